The number of hydrogen-bond acceptors (Lipinski definition) is 4. The Kier molecular flexibility index (Phi) is 6.34. The van der Waals surface area contributed by atoms with E-state index in [-0.39, 0.29) is 0 Å². The van der Waals surface area contributed by atoms with Crippen LogP contribution in [0.1, 0.15) is 18.1 Å². The van der Waals surface area contributed by atoms with Crippen LogP contribution in [0.5, 0.6) is 5.75 Å². The average molecular weight is 339 g/mol. The molecule has 0 bridgehead atoms. The third kappa shape index (κ3) is 5.80. The number of nitrogens with one attached hydrogen (secondary N) is 1. The molecule has 130 valence electrons. The zero-order valence-electron chi connectivity index (χ0n) is 14.5. The van der Waals surface area contributed by atoms with Gasteiger partial charge in [-0.1, -0.05) is 29.8 Å². The molecule has 2 rings (SSSR count). The van der Waals surface area contributed by atoms with Gasteiger partial charge in [0.15, 0.2) is 6.10 Å². The molecule has 0 saturated heterocycles. The van der Waals surface area contributed by atoms with Crippen molar-refractivity contribution < 1.29 is 19.1 Å². The maximum Gasteiger partial charge on any atom is 0.331 e. The first-order valence-electron chi connectivity index (χ1n) is 7.88. The molecule has 0 aromatic heterocycles. The molecule has 1 N–H and O–H groups in total. The Labute approximate surface area is 147 Å². The molecule has 0 aliphatic rings. The van der Waals surface area contributed by atoms with Crippen LogP contribution in [0, 0.1) is 6.92 Å². The van der Waals surface area contributed by atoms with Gasteiger partial charge >= 0.3 is 5.97 Å². The average Bonchev–Trinajstić information content (AvgIpc) is 2.61. The Hall–Kier alpha value is -3.08. The van der Waals surface area contributed by atoms with E-state index >= 15 is 0 Å². The summed E-state index contributed by atoms with van der Waals surface area (Å²) in [5.74, 6) is -0.279. The summed E-state index contributed by atoms with van der Waals surface area (Å²) < 4.78 is 10.2. The molecular weight excluding hydrogens is 318 g/mol. The van der Waals surface area contributed by atoms with Crippen molar-refractivity contribution >= 4 is 23.6 Å². The van der Waals surface area contributed by atoms with Gasteiger partial charge in [0.25, 0.3) is 5.91 Å². The van der Waals surface area contributed by atoms with E-state index in [1.807, 2.05) is 31.2 Å². The lowest BCUT2D eigenvalue weighted by Crippen LogP contribution is -2.29. The van der Waals surface area contributed by atoms with E-state index < -0.39 is 18.0 Å². The zero-order chi connectivity index (χ0) is 18.2. The Balaban J connectivity index is 1.86. The number of esters is 1. The van der Waals surface area contributed by atoms with Gasteiger partial charge in [-0.3, -0.25) is 4.79 Å². The molecule has 0 unspecified atom stereocenters. The molecule has 5 heteroatoms. The van der Waals surface area contributed by atoms with Crippen LogP contribution in [0.4, 0.5) is 5.69 Å². The van der Waals surface area contributed by atoms with Crippen LogP contribution in [-0.4, -0.2) is 25.1 Å². The lowest BCUT2D eigenvalue weighted by atomic mass is 10.1. The van der Waals surface area contributed by atoms with Gasteiger partial charge in [0, 0.05) is 11.8 Å². The number of anilines is 1. The highest BCUT2D eigenvalue weighted by Gasteiger charge is 2.16. The first-order chi connectivity index (χ1) is 12.0. The summed E-state index contributed by atoms with van der Waals surface area (Å²) in [6.07, 6.45) is 2.05. The molecule has 1 atom stereocenters. The van der Waals surface area contributed by atoms with Gasteiger partial charge in [-0.05, 0) is 49.8 Å². The summed E-state index contributed by atoms with van der Waals surface area (Å²) >= 11 is 0. The van der Waals surface area contributed by atoms with Gasteiger partial charge < -0.3 is 14.8 Å². The van der Waals surface area contributed by atoms with Crippen molar-refractivity contribution in [3.63, 3.8) is 0 Å². The van der Waals surface area contributed by atoms with Gasteiger partial charge in [0.05, 0.1) is 7.11 Å². The molecule has 0 spiro atoms. The topological polar surface area (TPSA) is 64.6 Å². The molecule has 0 heterocycles. The Morgan fingerprint density at radius 2 is 1.68 bits per heavy atom. The Morgan fingerprint density at radius 1 is 1.04 bits per heavy atom. The first kappa shape index (κ1) is 18.3. The summed E-state index contributed by atoms with van der Waals surface area (Å²) in [6.45, 7) is 3.52. The number of rotatable bonds is 6. The summed E-state index contributed by atoms with van der Waals surface area (Å²) in [6, 6.07) is 14.6. The molecule has 5 nitrogen and oxygen atoms in total. The second kappa shape index (κ2) is 8.68. The smallest absolute Gasteiger partial charge is 0.331 e. The van der Waals surface area contributed by atoms with Crippen molar-refractivity contribution in [1.29, 1.82) is 0 Å². The largest absolute Gasteiger partial charge is 0.497 e. The fraction of sp³-hybridized carbons (Fsp3) is 0.200. The van der Waals surface area contributed by atoms with Crippen molar-refractivity contribution in [1.82, 2.24) is 0 Å². The SMILES string of the molecule is COc1ccc(NC(=O)[C@H](C)OC(=O)/C=C/c2ccc(C)cc2)cc1. The minimum atomic E-state index is -0.905. The molecule has 2 aromatic carbocycles. The van der Waals surface area contributed by atoms with E-state index in [1.54, 1.807) is 37.5 Å². The second-order valence-electron chi connectivity index (χ2n) is 5.54. The lowest BCUT2D eigenvalue weighted by molar-refractivity contribution is -0.148. The fourth-order valence-corrected chi connectivity index (χ4v) is 2.03. The van der Waals surface area contributed by atoms with Gasteiger partial charge in [0.1, 0.15) is 5.75 Å². The van der Waals surface area contributed by atoms with E-state index in [1.165, 1.54) is 13.0 Å². The molecule has 25 heavy (non-hydrogen) atoms. The minimum Gasteiger partial charge on any atom is -0.497 e. The van der Waals surface area contributed by atoms with Crippen LogP contribution in [0.2, 0.25) is 0 Å². The number of ether oxygens (including phenoxy) is 2. The highest BCUT2D eigenvalue weighted by Crippen LogP contribution is 2.15. The standard InChI is InChI=1S/C20H21NO4/c1-14-4-6-16(7-5-14)8-13-19(22)25-15(2)20(23)21-17-9-11-18(24-3)12-10-17/h4-13,15H,1-3H3,(H,21,23)/b13-8+/t15-/m0/s1. The highest BCUT2D eigenvalue weighted by atomic mass is 16.5. The molecule has 0 saturated carbocycles. The van der Waals surface area contributed by atoms with Crippen molar-refractivity contribution in [3.05, 3.63) is 65.7 Å². The summed E-state index contributed by atoms with van der Waals surface area (Å²) in [4.78, 5) is 23.9. The van der Waals surface area contributed by atoms with Crippen molar-refractivity contribution in [2.75, 3.05) is 12.4 Å². The molecule has 2 aromatic rings. The van der Waals surface area contributed by atoms with E-state index in [9.17, 15) is 9.59 Å². The maximum absolute atomic E-state index is 12.1. The van der Waals surface area contributed by atoms with Gasteiger partial charge in [0.2, 0.25) is 0 Å². The summed E-state index contributed by atoms with van der Waals surface area (Å²) in [5.41, 5.74) is 2.63. The van der Waals surface area contributed by atoms with E-state index in [0.717, 1.165) is 11.1 Å². The highest BCUT2D eigenvalue weighted by molar-refractivity contribution is 5.96. The number of carbonyl (C=O) groups excluding carboxylic acids is 2. The Bertz CT molecular complexity index is 748. The Morgan fingerprint density at radius 3 is 2.28 bits per heavy atom. The summed E-state index contributed by atoms with van der Waals surface area (Å²) in [5, 5.41) is 2.68. The van der Waals surface area contributed by atoms with Crippen LogP contribution < -0.4 is 10.1 Å². The third-order valence-corrected chi connectivity index (χ3v) is 3.51. The van der Waals surface area contributed by atoms with Crippen LogP contribution in [0.15, 0.2) is 54.6 Å². The number of carbonyl (C=O) groups is 2. The molecule has 0 radical (unpaired) electrons. The predicted molar refractivity (Wildman–Crippen MR) is 97.4 cm³/mol. The van der Waals surface area contributed by atoms with Crippen molar-refractivity contribution in [2.24, 2.45) is 0 Å². The lowest BCUT2D eigenvalue weighted by Gasteiger charge is -2.12. The van der Waals surface area contributed by atoms with Crippen LogP contribution >= 0.6 is 0 Å². The van der Waals surface area contributed by atoms with Gasteiger partial charge in [-0.15, -0.1) is 0 Å². The van der Waals surface area contributed by atoms with Gasteiger partial charge in [-0.25, -0.2) is 4.79 Å². The molecule has 1 amide bonds. The molecular formula is C20H21NO4. The zero-order valence-corrected chi connectivity index (χ0v) is 14.5. The predicted octanol–water partition coefficient (Wildman–Crippen LogP) is 3.59. The van der Waals surface area contributed by atoms with Crippen molar-refractivity contribution in [2.45, 2.75) is 20.0 Å². The van der Waals surface area contributed by atoms with Crippen LogP contribution in [-0.2, 0) is 14.3 Å². The number of benzene rings is 2. The van der Waals surface area contributed by atoms with E-state index in [4.69, 9.17) is 9.47 Å². The number of aryl methyl sites for hydroxylation is 1. The van der Waals surface area contributed by atoms with Gasteiger partial charge in [-0.2, -0.15) is 0 Å². The molecule has 0 aliphatic carbocycles. The van der Waals surface area contributed by atoms with E-state index in [0.29, 0.717) is 11.4 Å². The summed E-state index contributed by atoms with van der Waals surface area (Å²) in [7, 11) is 1.57. The normalized spacial score (nSPS) is 11.8. The number of amides is 1. The van der Waals surface area contributed by atoms with Crippen molar-refractivity contribution in [3.8, 4) is 5.75 Å². The minimum absolute atomic E-state index is 0.401. The quantitative estimate of drug-likeness (QED) is 0.645. The third-order valence-electron chi connectivity index (χ3n) is 3.51. The number of methoxy groups -OCH3 is 1. The van der Waals surface area contributed by atoms with E-state index in [2.05, 4.69) is 5.32 Å². The van der Waals surface area contributed by atoms with Crippen LogP contribution in [0.25, 0.3) is 6.08 Å². The molecule has 0 aliphatic heterocycles. The fourth-order valence-electron chi connectivity index (χ4n) is 2.03. The maximum atomic E-state index is 12.1. The first-order valence-corrected chi connectivity index (χ1v) is 7.88. The molecule has 0 fully saturated rings. The van der Waals surface area contributed by atoms with Crippen LogP contribution in [0.3, 0.4) is 0 Å². The second-order valence-corrected chi connectivity index (χ2v) is 5.54. The number of hydrogen-bond donors (Lipinski definition) is 1. The monoisotopic (exact) mass is 339 g/mol.